The Morgan fingerprint density at radius 1 is 1.27 bits per heavy atom. The van der Waals surface area contributed by atoms with Crippen molar-refractivity contribution in [3.63, 3.8) is 0 Å². The fourth-order valence-electron chi connectivity index (χ4n) is 3.06. The average Bonchev–Trinajstić information content (AvgIpc) is 3.12. The van der Waals surface area contributed by atoms with Gasteiger partial charge in [-0.05, 0) is 38.5 Å². The van der Waals surface area contributed by atoms with E-state index in [1.54, 1.807) is 12.5 Å². The molecule has 2 aromatic heterocycles. The number of hydrogen-bond acceptors (Lipinski definition) is 3. The Kier molecular flexibility index (Phi) is 6.31. The smallest absolute Gasteiger partial charge is 0.194 e. The van der Waals surface area contributed by atoms with Crippen LogP contribution in [0.1, 0.15) is 40.2 Å². The van der Waals surface area contributed by atoms with Crippen molar-refractivity contribution in [3.05, 3.63) is 42.6 Å². The molecular formula is C19H29IN6. The predicted octanol–water partition coefficient (Wildman–Crippen LogP) is 3.47. The van der Waals surface area contributed by atoms with Crippen LogP contribution in [0.25, 0.3) is 5.82 Å². The van der Waals surface area contributed by atoms with Crippen molar-refractivity contribution >= 4 is 29.9 Å². The van der Waals surface area contributed by atoms with Gasteiger partial charge in [0, 0.05) is 42.6 Å². The summed E-state index contributed by atoms with van der Waals surface area (Å²) in [6.07, 6.45) is 7.22. The molecule has 0 spiro atoms. The molecule has 1 N–H and O–H groups in total. The predicted molar refractivity (Wildman–Crippen MR) is 116 cm³/mol. The lowest BCUT2D eigenvalue weighted by Crippen LogP contribution is -2.72. The Morgan fingerprint density at radius 3 is 2.62 bits per heavy atom. The van der Waals surface area contributed by atoms with Gasteiger partial charge in [-0.25, -0.2) is 15.0 Å². The fourth-order valence-corrected chi connectivity index (χ4v) is 3.06. The minimum absolute atomic E-state index is 0. The summed E-state index contributed by atoms with van der Waals surface area (Å²) in [5.74, 6) is 1.84. The Labute approximate surface area is 173 Å². The summed E-state index contributed by atoms with van der Waals surface area (Å²) >= 11 is 0. The van der Waals surface area contributed by atoms with Crippen molar-refractivity contribution in [3.8, 4) is 5.82 Å². The number of rotatable bonds is 4. The van der Waals surface area contributed by atoms with E-state index in [4.69, 9.17) is 4.99 Å². The number of likely N-dealkylation sites (tertiary alicyclic amines) is 1. The highest BCUT2D eigenvalue weighted by atomic mass is 127. The van der Waals surface area contributed by atoms with E-state index in [0.29, 0.717) is 6.54 Å². The van der Waals surface area contributed by atoms with Crippen LogP contribution in [0.4, 0.5) is 0 Å². The van der Waals surface area contributed by atoms with Gasteiger partial charge in [-0.15, -0.1) is 24.0 Å². The van der Waals surface area contributed by atoms with Crippen LogP contribution in [-0.2, 0) is 6.54 Å². The molecule has 6 nitrogen and oxygen atoms in total. The molecule has 2 aromatic rings. The van der Waals surface area contributed by atoms with Crippen molar-refractivity contribution in [2.24, 2.45) is 10.4 Å². The number of pyridine rings is 1. The van der Waals surface area contributed by atoms with Crippen LogP contribution in [0.3, 0.4) is 0 Å². The van der Waals surface area contributed by atoms with E-state index in [9.17, 15) is 0 Å². The summed E-state index contributed by atoms with van der Waals surface area (Å²) < 4.78 is 1.90. The Hall–Kier alpha value is -1.64. The summed E-state index contributed by atoms with van der Waals surface area (Å²) in [4.78, 5) is 15.7. The molecule has 142 valence electrons. The number of halogens is 1. The molecule has 0 bridgehead atoms. The molecule has 26 heavy (non-hydrogen) atoms. The fraction of sp³-hybridized carbons (Fsp3) is 0.526. The molecule has 1 fully saturated rings. The molecule has 7 heteroatoms. The Bertz CT molecular complexity index is 751. The lowest BCUT2D eigenvalue weighted by molar-refractivity contribution is -0.0667. The van der Waals surface area contributed by atoms with E-state index >= 15 is 0 Å². The van der Waals surface area contributed by atoms with E-state index < -0.39 is 0 Å². The molecule has 3 heterocycles. The highest BCUT2D eigenvalue weighted by Gasteiger charge is 2.53. The number of guanidine groups is 1. The van der Waals surface area contributed by atoms with E-state index in [0.717, 1.165) is 30.4 Å². The molecule has 0 saturated carbocycles. The summed E-state index contributed by atoms with van der Waals surface area (Å²) in [6, 6.07) is 4.07. The maximum atomic E-state index is 4.87. The SMILES string of the molecule is CCNC(=NCc1ccnc(-n2ccnc2)c1)N1CC(C)(C)C1(C)C.I. The van der Waals surface area contributed by atoms with Crippen molar-refractivity contribution in [2.75, 3.05) is 13.1 Å². The largest absolute Gasteiger partial charge is 0.356 e. The standard InChI is InChI=1S/C19H28N6.HI/c1-6-21-17(25-13-18(2,3)19(25,4)5)23-12-15-7-8-22-16(11-15)24-10-9-20-14-24;/h7-11,14H,6,12-13H2,1-5H3,(H,21,23);1H. The Morgan fingerprint density at radius 2 is 2.04 bits per heavy atom. The number of imidazole rings is 1. The topological polar surface area (TPSA) is 58.3 Å². The monoisotopic (exact) mass is 468 g/mol. The first-order chi connectivity index (χ1) is 11.8. The van der Waals surface area contributed by atoms with Crippen molar-refractivity contribution < 1.29 is 0 Å². The zero-order valence-corrected chi connectivity index (χ0v) is 18.6. The molecule has 1 saturated heterocycles. The summed E-state index contributed by atoms with van der Waals surface area (Å²) in [7, 11) is 0. The highest BCUT2D eigenvalue weighted by molar-refractivity contribution is 14.0. The number of aliphatic imine (C=N–C) groups is 1. The molecule has 0 amide bonds. The second kappa shape index (κ2) is 7.94. The Balaban J connectivity index is 0.00000243. The quantitative estimate of drug-likeness (QED) is 0.424. The van der Waals surface area contributed by atoms with Crippen molar-refractivity contribution in [1.29, 1.82) is 0 Å². The molecule has 0 radical (unpaired) electrons. The lowest BCUT2D eigenvalue weighted by Gasteiger charge is -2.62. The molecule has 1 aliphatic heterocycles. The van der Waals surface area contributed by atoms with Gasteiger partial charge in [0.2, 0.25) is 0 Å². The first-order valence-corrected chi connectivity index (χ1v) is 8.84. The highest BCUT2D eigenvalue weighted by Crippen LogP contribution is 2.46. The number of nitrogens with zero attached hydrogens (tertiary/aromatic N) is 5. The van der Waals surface area contributed by atoms with Crippen molar-refractivity contribution in [2.45, 2.75) is 46.7 Å². The van der Waals surface area contributed by atoms with E-state index in [1.807, 2.05) is 23.0 Å². The normalized spacial score (nSPS) is 18.0. The van der Waals surface area contributed by atoms with Crippen molar-refractivity contribution in [1.82, 2.24) is 24.8 Å². The van der Waals surface area contributed by atoms with Gasteiger partial charge >= 0.3 is 0 Å². The van der Waals surface area contributed by atoms with Gasteiger partial charge in [0.1, 0.15) is 12.1 Å². The van der Waals surface area contributed by atoms with Crippen LogP contribution in [0.15, 0.2) is 42.0 Å². The van der Waals surface area contributed by atoms with Crippen LogP contribution in [0.2, 0.25) is 0 Å². The van der Waals surface area contributed by atoms with Gasteiger partial charge in [-0.1, -0.05) is 13.8 Å². The molecule has 0 atom stereocenters. The number of hydrogen-bond donors (Lipinski definition) is 1. The van der Waals surface area contributed by atoms with Gasteiger partial charge in [-0.2, -0.15) is 0 Å². The third-order valence-corrected chi connectivity index (χ3v) is 5.47. The first-order valence-electron chi connectivity index (χ1n) is 8.84. The zero-order valence-electron chi connectivity index (χ0n) is 16.2. The van der Waals surface area contributed by atoms with Crippen LogP contribution in [-0.4, -0.2) is 44.0 Å². The van der Waals surface area contributed by atoms with E-state index in [-0.39, 0.29) is 34.9 Å². The number of nitrogens with one attached hydrogen (secondary N) is 1. The molecular weight excluding hydrogens is 439 g/mol. The van der Waals surface area contributed by atoms with Gasteiger partial charge in [0.05, 0.1) is 6.54 Å². The van der Waals surface area contributed by atoms with Crippen LogP contribution in [0, 0.1) is 5.41 Å². The molecule has 0 unspecified atom stereocenters. The molecule has 3 rings (SSSR count). The molecule has 0 aromatic carbocycles. The van der Waals surface area contributed by atoms with E-state index in [2.05, 4.69) is 60.9 Å². The third-order valence-electron chi connectivity index (χ3n) is 5.47. The summed E-state index contributed by atoms with van der Waals surface area (Å²) in [5, 5.41) is 3.44. The average molecular weight is 468 g/mol. The van der Waals surface area contributed by atoms with Crippen LogP contribution in [0.5, 0.6) is 0 Å². The van der Waals surface area contributed by atoms with Gasteiger partial charge in [0.15, 0.2) is 5.96 Å². The van der Waals surface area contributed by atoms with Gasteiger partial charge in [0.25, 0.3) is 0 Å². The summed E-state index contributed by atoms with van der Waals surface area (Å²) in [6.45, 7) is 13.8. The van der Waals surface area contributed by atoms with Gasteiger partial charge in [-0.3, -0.25) is 4.57 Å². The molecule has 0 aliphatic carbocycles. The maximum absolute atomic E-state index is 4.87. The minimum Gasteiger partial charge on any atom is -0.356 e. The molecule has 1 aliphatic rings. The van der Waals surface area contributed by atoms with E-state index in [1.165, 1.54) is 0 Å². The summed E-state index contributed by atoms with van der Waals surface area (Å²) in [5.41, 5.74) is 1.51. The maximum Gasteiger partial charge on any atom is 0.194 e. The minimum atomic E-state index is 0. The lowest BCUT2D eigenvalue weighted by atomic mass is 9.65. The third kappa shape index (κ3) is 3.87. The first kappa shape index (κ1) is 20.7. The van der Waals surface area contributed by atoms with Crippen LogP contribution >= 0.6 is 24.0 Å². The van der Waals surface area contributed by atoms with Crippen LogP contribution < -0.4 is 5.32 Å². The zero-order chi connectivity index (χ0) is 18.1. The second-order valence-electron chi connectivity index (χ2n) is 7.69. The second-order valence-corrected chi connectivity index (χ2v) is 7.69. The number of aromatic nitrogens is 3. The van der Waals surface area contributed by atoms with Gasteiger partial charge < -0.3 is 10.2 Å².